The molecule has 0 aliphatic rings. The Labute approximate surface area is 90.1 Å². The van der Waals surface area contributed by atoms with Gasteiger partial charge >= 0.3 is 0 Å². The molecular formula is C12H17N3. The molecule has 0 radical (unpaired) electrons. The third kappa shape index (κ3) is 3.27. The fourth-order valence-corrected chi connectivity index (χ4v) is 1.72. The van der Waals surface area contributed by atoms with Crippen LogP contribution in [0.15, 0.2) is 36.8 Å². The van der Waals surface area contributed by atoms with Crippen LogP contribution in [0.1, 0.15) is 25.0 Å². The van der Waals surface area contributed by atoms with Gasteiger partial charge in [0.15, 0.2) is 0 Å². The lowest BCUT2D eigenvalue weighted by Crippen LogP contribution is -1.98. The van der Waals surface area contributed by atoms with Crippen molar-refractivity contribution >= 4 is 0 Å². The summed E-state index contributed by atoms with van der Waals surface area (Å²) in [6.07, 6.45) is 10.7. The van der Waals surface area contributed by atoms with Gasteiger partial charge in [-0.05, 0) is 37.5 Å². The Kier molecular flexibility index (Phi) is 3.60. The number of nitrogens with zero attached hydrogens (tertiary/aromatic N) is 2. The van der Waals surface area contributed by atoms with Crippen LogP contribution in [0.5, 0.6) is 0 Å². The predicted octanol–water partition coefficient (Wildman–Crippen LogP) is 2.62. The molecule has 0 saturated heterocycles. The molecule has 0 aliphatic carbocycles. The van der Waals surface area contributed by atoms with Crippen molar-refractivity contribution in [1.82, 2.24) is 14.8 Å². The molecule has 3 heteroatoms. The van der Waals surface area contributed by atoms with Gasteiger partial charge in [0.2, 0.25) is 0 Å². The zero-order valence-electron chi connectivity index (χ0n) is 8.89. The Hall–Kier alpha value is -1.51. The van der Waals surface area contributed by atoms with Crippen LogP contribution in [0.3, 0.4) is 0 Å². The van der Waals surface area contributed by atoms with E-state index in [0.717, 1.165) is 13.0 Å². The molecule has 0 spiro atoms. The first kappa shape index (κ1) is 10.0. The first-order chi connectivity index (χ1) is 7.45. The Bertz CT molecular complexity index is 312. The number of H-pyrrole nitrogens is 1. The highest BCUT2D eigenvalue weighted by molar-refractivity contribution is 5.03. The molecule has 0 fully saturated rings. The molecule has 0 atom stereocenters. The van der Waals surface area contributed by atoms with Crippen LogP contribution in [-0.2, 0) is 13.0 Å². The van der Waals surface area contributed by atoms with Crippen molar-refractivity contribution in [3.8, 4) is 0 Å². The van der Waals surface area contributed by atoms with E-state index in [0.29, 0.717) is 0 Å². The van der Waals surface area contributed by atoms with Gasteiger partial charge in [-0.2, -0.15) is 5.10 Å². The maximum atomic E-state index is 4.17. The molecule has 0 aromatic carbocycles. The highest BCUT2D eigenvalue weighted by Crippen LogP contribution is 2.04. The van der Waals surface area contributed by atoms with E-state index in [1.54, 1.807) is 0 Å². The molecular weight excluding hydrogens is 186 g/mol. The third-order valence-electron chi connectivity index (χ3n) is 2.55. The van der Waals surface area contributed by atoms with Crippen molar-refractivity contribution in [2.75, 3.05) is 0 Å². The van der Waals surface area contributed by atoms with Gasteiger partial charge in [0.05, 0.1) is 0 Å². The van der Waals surface area contributed by atoms with Gasteiger partial charge in [-0.15, -0.1) is 0 Å². The second-order valence-corrected chi connectivity index (χ2v) is 3.78. The first-order valence-electron chi connectivity index (χ1n) is 5.55. The van der Waals surface area contributed by atoms with Gasteiger partial charge in [-0.3, -0.25) is 4.68 Å². The highest BCUT2D eigenvalue weighted by atomic mass is 15.3. The summed E-state index contributed by atoms with van der Waals surface area (Å²) in [5.41, 5.74) is 1.34. The molecule has 2 heterocycles. The largest absolute Gasteiger partial charge is 0.365 e. The summed E-state index contributed by atoms with van der Waals surface area (Å²) in [6, 6.07) is 6.17. The van der Waals surface area contributed by atoms with Gasteiger partial charge in [-0.25, -0.2) is 0 Å². The zero-order chi connectivity index (χ0) is 10.3. The number of aromatic amines is 1. The predicted molar refractivity (Wildman–Crippen MR) is 60.6 cm³/mol. The molecule has 0 saturated carbocycles. The molecule has 3 nitrogen and oxygen atoms in total. The molecule has 0 aliphatic heterocycles. The van der Waals surface area contributed by atoms with E-state index < -0.39 is 0 Å². The Morgan fingerprint density at radius 2 is 2.20 bits per heavy atom. The summed E-state index contributed by atoms with van der Waals surface area (Å²) in [5.74, 6) is 0. The van der Waals surface area contributed by atoms with E-state index in [-0.39, 0.29) is 0 Å². The van der Waals surface area contributed by atoms with E-state index in [4.69, 9.17) is 0 Å². The SMILES string of the molecule is c1c[nH]c(CCCCCn2cccn2)c1. The second-order valence-electron chi connectivity index (χ2n) is 3.78. The minimum atomic E-state index is 1.04. The van der Waals surface area contributed by atoms with Crippen LogP contribution in [0.2, 0.25) is 0 Å². The standard InChI is InChI=1S/C12H17N3/c1(2-6-12-7-4-8-13-12)3-10-15-11-5-9-14-15/h4-5,7-9,11,13H,1-3,6,10H2. The lowest BCUT2D eigenvalue weighted by atomic mass is 10.1. The lowest BCUT2D eigenvalue weighted by molar-refractivity contribution is 0.543. The van der Waals surface area contributed by atoms with E-state index in [9.17, 15) is 0 Å². The minimum Gasteiger partial charge on any atom is -0.365 e. The Morgan fingerprint density at radius 1 is 1.20 bits per heavy atom. The number of hydrogen-bond acceptors (Lipinski definition) is 1. The molecule has 2 aromatic heterocycles. The number of aryl methyl sites for hydroxylation is 2. The highest BCUT2D eigenvalue weighted by Gasteiger charge is 1.94. The van der Waals surface area contributed by atoms with Crippen molar-refractivity contribution in [3.63, 3.8) is 0 Å². The summed E-state index contributed by atoms with van der Waals surface area (Å²) >= 11 is 0. The molecule has 0 unspecified atom stereocenters. The molecule has 2 aromatic rings. The van der Waals surface area contributed by atoms with Gasteiger partial charge in [0, 0.05) is 30.8 Å². The molecule has 1 N–H and O–H groups in total. The fraction of sp³-hybridized carbons (Fsp3) is 0.417. The van der Waals surface area contributed by atoms with E-state index >= 15 is 0 Å². The molecule has 0 amide bonds. The van der Waals surface area contributed by atoms with Crippen LogP contribution in [0, 0.1) is 0 Å². The summed E-state index contributed by atoms with van der Waals surface area (Å²) < 4.78 is 1.99. The van der Waals surface area contributed by atoms with Crippen molar-refractivity contribution in [2.45, 2.75) is 32.2 Å². The Morgan fingerprint density at radius 3 is 2.93 bits per heavy atom. The van der Waals surface area contributed by atoms with Crippen LogP contribution in [-0.4, -0.2) is 14.8 Å². The smallest absolute Gasteiger partial charge is 0.0489 e. The quantitative estimate of drug-likeness (QED) is 0.719. The topological polar surface area (TPSA) is 33.6 Å². The number of hydrogen-bond donors (Lipinski definition) is 1. The third-order valence-corrected chi connectivity index (χ3v) is 2.55. The summed E-state index contributed by atoms with van der Waals surface area (Å²) in [6.45, 7) is 1.04. The summed E-state index contributed by atoms with van der Waals surface area (Å²) in [4.78, 5) is 3.22. The van der Waals surface area contributed by atoms with Crippen LogP contribution < -0.4 is 0 Å². The van der Waals surface area contributed by atoms with E-state index in [1.165, 1.54) is 25.0 Å². The average Bonchev–Trinajstić information content (AvgIpc) is 2.88. The summed E-state index contributed by atoms with van der Waals surface area (Å²) in [7, 11) is 0. The van der Waals surface area contributed by atoms with Gasteiger partial charge < -0.3 is 4.98 Å². The van der Waals surface area contributed by atoms with Crippen LogP contribution >= 0.6 is 0 Å². The molecule has 0 bridgehead atoms. The van der Waals surface area contributed by atoms with Crippen molar-refractivity contribution in [3.05, 3.63) is 42.5 Å². The van der Waals surface area contributed by atoms with E-state index in [2.05, 4.69) is 22.2 Å². The Balaban J connectivity index is 1.56. The summed E-state index contributed by atoms with van der Waals surface area (Å²) in [5, 5.41) is 4.17. The van der Waals surface area contributed by atoms with Crippen LogP contribution in [0.25, 0.3) is 0 Å². The average molecular weight is 203 g/mol. The maximum Gasteiger partial charge on any atom is 0.0489 e. The van der Waals surface area contributed by atoms with Gasteiger partial charge in [0.25, 0.3) is 0 Å². The molecule has 15 heavy (non-hydrogen) atoms. The fourth-order valence-electron chi connectivity index (χ4n) is 1.72. The number of unbranched alkanes of at least 4 members (excludes halogenated alkanes) is 2. The zero-order valence-corrected chi connectivity index (χ0v) is 8.89. The normalized spacial score (nSPS) is 10.7. The van der Waals surface area contributed by atoms with Crippen molar-refractivity contribution in [1.29, 1.82) is 0 Å². The minimum absolute atomic E-state index is 1.04. The first-order valence-corrected chi connectivity index (χ1v) is 5.55. The van der Waals surface area contributed by atoms with Crippen molar-refractivity contribution in [2.24, 2.45) is 0 Å². The maximum absolute atomic E-state index is 4.17. The molecule has 80 valence electrons. The van der Waals surface area contributed by atoms with Crippen molar-refractivity contribution < 1.29 is 0 Å². The number of nitrogens with one attached hydrogen (secondary N) is 1. The number of aromatic nitrogens is 3. The van der Waals surface area contributed by atoms with E-state index in [1.807, 2.05) is 29.3 Å². The molecule has 2 rings (SSSR count). The second kappa shape index (κ2) is 5.39. The van der Waals surface area contributed by atoms with Gasteiger partial charge in [-0.1, -0.05) is 6.42 Å². The number of rotatable bonds is 6. The monoisotopic (exact) mass is 203 g/mol. The lowest BCUT2D eigenvalue weighted by Gasteiger charge is -2.01. The van der Waals surface area contributed by atoms with Gasteiger partial charge in [0.1, 0.15) is 0 Å². The van der Waals surface area contributed by atoms with Crippen LogP contribution in [0.4, 0.5) is 0 Å².